The van der Waals surface area contributed by atoms with E-state index < -0.39 is 0 Å². The van der Waals surface area contributed by atoms with Gasteiger partial charge in [-0.3, -0.25) is 9.80 Å². The first-order valence-electron chi connectivity index (χ1n) is 6.33. The molecule has 104 valence electrons. The van der Waals surface area contributed by atoms with E-state index >= 15 is 0 Å². The first-order valence-corrected chi connectivity index (χ1v) is 6.33. The van der Waals surface area contributed by atoms with Crippen LogP contribution in [-0.2, 0) is 6.54 Å². The van der Waals surface area contributed by atoms with Gasteiger partial charge in [0.25, 0.3) is 0 Å². The molecule has 3 N–H and O–H groups in total. The summed E-state index contributed by atoms with van der Waals surface area (Å²) in [5, 5.41) is 11.5. The normalized spacial score (nSPS) is 18.7. The second-order valence-corrected chi connectivity index (χ2v) is 4.74. The molecular formula is C13H19FN4O. The van der Waals surface area contributed by atoms with E-state index in [1.54, 1.807) is 6.07 Å². The van der Waals surface area contributed by atoms with Gasteiger partial charge in [-0.2, -0.15) is 0 Å². The lowest BCUT2D eigenvalue weighted by Gasteiger charge is -2.34. The Kier molecular flexibility index (Phi) is 4.70. The van der Waals surface area contributed by atoms with Crippen molar-refractivity contribution < 1.29 is 9.60 Å². The second-order valence-electron chi connectivity index (χ2n) is 4.74. The molecule has 2 rings (SSSR count). The molecule has 0 spiro atoms. The van der Waals surface area contributed by atoms with E-state index in [9.17, 15) is 4.39 Å². The van der Waals surface area contributed by atoms with Crippen molar-refractivity contribution >= 4 is 5.84 Å². The lowest BCUT2D eigenvalue weighted by atomic mass is 10.2. The monoisotopic (exact) mass is 266 g/mol. The van der Waals surface area contributed by atoms with Gasteiger partial charge in [0.1, 0.15) is 5.82 Å². The number of benzene rings is 1. The molecule has 0 bridgehead atoms. The van der Waals surface area contributed by atoms with Crippen LogP contribution in [0.5, 0.6) is 0 Å². The van der Waals surface area contributed by atoms with Crippen molar-refractivity contribution in [1.82, 2.24) is 9.80 Å². The van der Waals surface area contributed by atoms with Crippen LogP contribution in [0, 0.1) is 5.82 Å². The summed E-state index contributed by atoms with van der Waals surface area (Å²) in [5.74, 6) is 0.0733. The average Bonchev–Trinajstić information content (AvgIpc) is 2.43. The Morgan fingerprint density at radius 1 is 1.21 bits per heavy atom. The third-order valence-corrected chi connectivity index (χ3v) is 3.33. The third-order valence-electron chi connectivity index (χ3n) is 3.33. The van der Waals surface area contributed by atoms with Gasteiger partial charge in [0.15, 0.2) is 5.84 Å². The van der Waals surface area contributed by atoms with Gasteiger partial charge >= 0.3 is 0 Å². The van der Waals surface area contributed by atoms with Crippen molar-refractivity contribution in [3.05, 3.63) is 35.6 Å². The number of oxime groups is 1. The van der Waals surface area contributed by atoms with Crippen LogP contribution in [0.3, 0.4) is 0 Å². The fraction of sp³-hybridized carbons (Fsp3) is 0.462. The largest absolute Gasteiger partial charge is 0.409 e. The van der Waals surface area contributed by atoms with Gasteiger partial charge in [-0.25, -0.2) is 4.39 Å². The summed E-state index contributed by atoms with van der Waals surface area (Å²) in [6.45, 7) is 4.49. The molecule has 6 heteroatoms. The lowest BCUT2D eigenvalue weighted by molar-refractivity contribution is 0.138. The van der Waals surface area contributed by atoms with Crippen molar-refractivity contribution in [3.8, 4) is 0 Å². The van der Waals surface area contributed by atoms with E-state index in [1.807, 2.05) is 12.1 Å². The smallest absolute Gasteiger partial charge is 0.153 e. The zero-order valence-corrected chi connectivity index (χ0v) is 10.8. The van der Waals surface area contributed by atoms with Crippen molar-refractivity contribution in [2.24, 2.45) is 10.9 Å². The number of hydrogen-bond donors (Lipinski definition) is 2. The lowest BCUT2D eigenvalue weighted by Crippen LogP contribution is -2.48. The molecule has 1 aromatic carbocycles. The van der Waals surface area contributed by atoms with Crippen molar-refractivity contribution in [3.63, 3.8) is 0 Å². The van der Waals surface area contributed by atoms with E-state index in [1.165, 1.54) is 6.07 Å². The van der Waals surface area contributed by atoms with Crippen LogP contribution in [0.4, 0.5) is 4.39 Å². The molecule has 0 unspecified atom stereocenters. The van der Waals surface area contributed by atoms with Gasteiger partial charge in [-0.15, -0.1) is 0 Å². The zero-order chi connectivity index (χ0) is 13.7. The van der Waals surface area contributed by atoms with Crippen LogP contribution >= 0.6 is 0 Å². The summed E-state index contributed by atoms with van der Waals surface area (Å²) in [5.41, 5.74) is 6.21. The maximum Gasteiger partial charge on any atom is 0.153 e. The number of nitrogens with zero attached hydrogens (tertiary/aromatic N) is 3. The minimum atomic E-state index is -0.151. The first kappa shape index (κ1) is 13.8. The molecule has 1 heterocycles. The van der Waals surface area contributed by atoms with Crippen LogP contribution < -0.4 is 5.73 Å². The van der Waals surface area contributed by atoms with Gasteiger partial charge in [0.2, 0.25) is 0 Å². The quantitative estimate of drug-likeness (QED) is 0.364. The molecule has 1 aliphatic rings. The van der Waals surface area contributed by atoms with Gasteiger partial charge in [0.05, 0.1) is 6.54 Å². The van der Waals surface area contributed by atoms with Crippen molar-refractivity contribution in [2.75, 3.05) is 32.7 Å². The number of halogens is 1. The molecule has 1 aliphatic heterocycles. The Balaban J connectivity index is 1.82. The predicted octanol–water partition coefficient (Wildman–Crippen LogP) is 0.690. The maximum absolute atomic E-state index is 13.5. The van der Waals surface area contributed by atoms with E-state index in [0.29, 0.717) is 13.1 Å². The fourth-order valence-corrected chi connectivity index (χ4v) is 2.23. The highest BCUT2D eigenvalue weighted by molar-refractivity contribution is 5.81. The van der Waals surface area contributed by atoms with Gasteiger partial charge in [0, 0.05) is 38.3 Å². The SMILES string of the molecule is N/C(CN1CCN(Cc2ccccc2F)CC1)=N\O. The molecule has 1 fully saturated rings. The first-order chi connectivity index (χ1) is 9.19. The summed E-state index contributed by atoms with van der Waals surface area (Å²) < 4.78 is 13.5. The number of piperazine rings is 1. The van der Waals surface area contributed by atoms with Crippen molar-refractivity contribution in [1.29, 1.82) is 0 Å². The minimum absolute atomic E-state index is 0.151. The van der Waals surface area contributed by atoms with Crippen LogP contribution in [-0.4, -0.2) is 53.6 Å². The number of hydrogen-bond acceptors (Lipinski definition) is 4. The third kappa shape index (κ3) is 3.90. The fourth-order valence-electron chi connectivity index (χ4n) is 2.23. The molecule has 5 nitrogen and oxygen atoms in total. The Hall–Kier alpha value is -1.66. The predicted molar refractivity (Wildman–Crippen MR) is 71.5 cm³/mol. The average molecular weight is 266 g/mol. The summed E-state index contributed by atoms with van der Waals surface area (Å²) in [6, 6.07) is 6.86. The Labute approximate surface area is 112 Å². The van der Waals surface area contributed by atoms with Gasteiger partial charge < -0.3 is 10.9 Å². The summed E-state index contributed by atoms with van der Waals surface area (Å²) in [6.07, 6.45) is 0. The number of rotatable bonds is 4. The minimum Gasteiger partial charge on any atom is -0.409 e. The molecule has 0 amide bonds. The molecule has 0 radical (unpaired) electrons. The standard InChI is InChI=1S/C13H19FN4O/c14-12-4-2-1-3-11(12)9-17-5-7-18(8-6-17)10-13(15)16-19/h1-4,19H,5-10H2,(H2,15,16). The maximum atomic E-state index is 13.5. The van der Waals surface area contributed by atoms with E-state index in [-0.39, 0.29) is 11.7 Å². The van der Waals surface area contributed by atoms with E-state index in [4.69, 9.17) is 10.9 Å². The molecule has 0 saturated carbocycles. The highest BCUT2D eigenvalue weighted by atomic mass is 19.1. The van der Waals surface area contributed by atoms with Crippen LogP contribution in [0.15, 0.2) is 29.4 Å². The van der Waals surface area contributed by atoms with Crippen LogP contribution in [0.1, 0.15) is 5.56 Å². The highest BCUT2D eigenvalue weighted by Gasteiger charge is 2.18. The van der Waals surface area contributed by atoms with Gasteiger partial charge in [-0.1, -0.05) is 23.4 Å². The topological polar surface area (TPSA) is 65.1 Å². The number of amidine groups is 1. The Morgan fingerprint density at radius 3 is 2.47 bits per heavy atom. The highest BCUT2D eigenvalue weighted by Crippen LogP contribution is 2.11. The van der Waals surface area contributed by atoms with Crippen LogP contribution in [0.2, 0.25) is 0 Å². The molecule has 0 aromatic heterocycles. The van der Waals surface area contributed by atoms with Crippen molar-refractivity contribution in [2.45, 2.75) is 6.54 Å². The van der Waals surface area contributed by atoms with Crippen LogP contribution in [0.25, 0.3) is 0 Å². The molecule has 19 heavy (non-hydrogen) atoms. The molecule has 0 atom stereocenters. The molecule has 1 aromatic rings. The summed E-state index contributed by atoms with van der Waals surface area (Å²) >= 11 is 0. The molecule has 1 saturated heterocycles. The zero-order valence-electron chi connectivity index (χ0n) is 10.8. The Bertz CT molecular complexity index is 444. The van der Waals surface area contributed by atoms with Gasteiger partial charge in [-0.05, 0) is 6.07 Å². The summed E-state index contributed by atoms with van der Waals surface area (Å²) in [7, 11) is 0. The van der Waals surface area contributed by atoms with E-state index in [2.05, 4.69) is 15.0 Å². The Morgan fingerprint density at radius 2 is 1.84 bits per heavy atom. The number of nitrogens with two attached hydrogens (primary N) is 1. The molecular weight excluding hydrogens is 247 g/mol. The summed E-state index contributed by atoms with van der Waals surface area (Å²) in [4.78, 5) is 4.33. The molecule has 0 aliphatic carbocycles. The van der Waals surface area contributed by atoms with E-state index in [0.717, 1.165) is 31.7 Å². The second kappa shape index (κ2) is 6.49.